The number of anilines is 2. The number of aromatic carboxylic acids is 1. The zero-order valence-electron chi connectivity index (χ0n) is 9.52. The van der Waals surface area contributed by atoms with E-state index < -0.39 is 12.0 Å². The molecule has 0 aliphatic carbocycles. The van der Waals surface area contributed by atoms with Gasteiger partial charge in [0.2, 0.25) is 5.91 Å². The number of nitrogens with two attached hydrogens (primary N) is 1. The maximum atomic E-state index is 11.3. The minimum atomic E-state index is -1.16. The first-order valence-corrected chi connectivity index (χ1v) is 4.92. The van der Waals surface area contributed by atoms with Crippen molar-refractivity contribution in [2.24, 2.45) is 0 Å². The number of likely N-dealkylation sites (N-methyl/N-ethyl adjacent to an activating group) is 1. The maximum absolute atomic E-state index is 11.3. The Morgan fingerprint density at radius 2 is 2.18 bits per heavy atom. The van der Waals surface area contributed by atoms with E-state index in [9.17, 15) is 9.59 Å². The second-order valence-electron chi connectivity index (χ2n) is 3.45. The van der Waals surface area contributed by atoms with Crippen LogP contribution in [-0.2, 0) is 4.79 Å². The van der Waals surface area contributed by atoms with Crippen molar-refractivity contribution in [3.05, 3.63) is 17.8 Å². The van der Waals surface area contributed by atoms with Crippen molar-refractivity contribution in [2.45, 2.75) is 13.0 Å². The van der Waals surface area contributed by atoms with Crippen LogP contribution in [0.15, 0.2) is 12.3 Å². The molecule has 0 aromatic carbocycles. The van der Waals surface area contributed by atoms with E-state index in [4.69, 9.17) is 10.8 Å². The molecule has 7 heteroatoms. The molecule has 0 bridgehead atoms. The number of amides is 1. The van der Waals surface area contributed by atoms with E-state index in [2.05, 4.69) is 15.6 Å². The number of carbonyl (C=O) groups excluding carboxylic acids is 1. The van der Waals surface area contributed by atoms with Gasteiger partial charge in [0.1, 0.15) is 17.4 Å². The first-order valence-electron chi connectivity index (χ1n) is 4.92. The molecule has 1 rings (SSSR count). The molecule has 0 saturated heterocycles. The largest absolute Gasteiger partial charge is 0.478 e. The molecular formula is C10H14N4O3. The summed E-state index contributed by atoms with van der Waals surface area (Å²) in [5.74, 6) is -1.31. The smallest absolute Gasteiger partial charge is 0.339 e. The number of nitrogen functional groups attached to an aromatic ring is 1. The fraction of sp³-hybridized carbons (Fsp3) is 0.300. The highest BCUT2D eigenvalue weighted by Gasteiger charge is 2.17. The molecule has 1 unspecified atom stereocenters. The molecule has 92 valence electrons. The van der Waals surface area contributed by atoms with E-state index in [1.165, 1.54) is 19.3 Å². The third-order valence-corrected chi connectivity index (χ3v) is 2.13. The summed E-state index contributed by atoms with van der Waals surface area (Å²) in [5.41, 5.74) is 5.63. The molecule has 7 nitrogen and oxygen atoms in total. The van der Waals surface area contributed by atoms with E-state index in [1.807, 2.05) is 0 Å². The Morgan fingerprint density at radius 1 is 1.53 bits per heavy atom. The molecule has 0 aliphatic rings. The Kier molecular flexibility index (Phi) is 3.86. The van der Waals surface area contributed by atoms with Crippen LogP contribution < -0.4 is 16.4 Å². The minimum absolute atomic E-state index is 0.0687. The lowest BCUT2D eigenvalue weighted by molar-refractivity contribution is -0.121. The van der Waals surface area contributed by atoms with Crippen LogP contribution in [-0.4, -0.2) is 35.1 Å². The number of hydrogen-bond acceptors (Lipinski definition) is 5. The van der Waals surface area contributed by atoms with Crippen LogP contribution in [0.2, 0.25) is 0 Å². The predicted octanol–water partition coefficient (Wildman–Crippen LogP) is -0.0916. The van der Waals surface area contributed by atoms with E-state index in [-0.39, 0.29) is 23.0 Å². The Bertz CT molecular complexity index is 447. The van der Waals surface area contributed by atoms with Gasteiger partial charge in [-0.05, 0) is 13.0 Å². The summed E-state index contributed by atoms with van der Waals surface area (Å²) in [6.45, 7) is 1.60. The highest BCUT2D eigenvalue weighted by molar-refractivity contribution is 5.95. The summed E-state index contributed by atoms with van der Waals surface area (Å²) in [5, 5.41) is 14.1. The van der Waals surface area contributed by atoms with Crippen molar-refractivity contribution in [2.75, 3.05) is 18.1 Å². The fourth-order valence-corrected chi connectivity index (χ4v) is 1.25. The van der Waals surface area contributed by atoms with Crippen LogP contribution in [0.3, 0.4) is 0 Å². The molecule has 5 N–H and O–H groups in total. The Labute approximate surface area is 98.0 Å². The van der Waals surface area contributed by atoms with Crippen molar-refractivity contribution < 1.29 is 14.7 Å². The van der Waals surface area contributed by atoms with E-state index in [0.717, 1.165) is 0 Å². The van der Waals surface area contributed by atoms with Crippen molar-refractivity contribution >= 4 is 23.4 Å². The van der Waals surface area contributed by atoms with Crippen LogP contribution in [0, 0.1) is 0 Å². The normalized spacial score (nSPS) is 11.6. The number of carbonyl (C=O) groups is 2. The van der Waals surface area contributed by atoms with Crippen molar-refractivity contribution in [3.8, 4) is 0 Å². The first-order chi connectivity index (χ1) is 7.95. The van der Waals surface area contributed by atoms with Gasteiger partial charge < -0.3 is 21.5 Å². The Morgan fingerprint density at radius 3 is 2.71 bits per heavy atom. The summed E-state index contributed by atoms with van der Waals surface area (Å²) < 4.78 is 0. The van der Waals surface area contributed by atoms with Crippen LogP contribution in [0.5, 0.6) is 0 Å². The van der Waals surface area contributed by atoms with Gasteiger partial charge in [0.05, 0.1) is 11.9 Å². The predicted molar refractivity (Wildman–Crippen MR) is 62.8 cm³/mol. The molecular weight excluding hydrogens is 224 g/mol. The molecule has 1 atom stereocenters. The fourth-order valence-electron chi connectivity index (χ4n) is 1.25. The lowest BCUT2D eigenvalue weighted by atomic mass is 10.2. The molecule has 17 heavy (non-hydrogen) atoms. The van der Waals surface area contributed by atoms with Gasteiger partial charge in [-0.3, -0.25) is 4.79 Å². The molecule has 1 aromatic heterocycles. The van der Waals surface area contributed by atoms with Gasteiger partial charge >= 0.3 is 5.97 Å². The quantitative estimate of drug-likeness (QED) is 0.582. The third kappa shape index (κ3) is 3.07. The third-order valence-electron chi connectivity index (χ3n) is 2.13. The van der Waals surface area contributed by atoms with Gasteiger partial charge in [0, 0.05) is 7.05 Å². The zero-order chi connectivity index (χ0) is 13.0. The average Bonchev–Trinajstić information content (AvgIpc) is 2.29. The van der Waals surface area contributed by atoms with Crippen LogP contribution in [0.25, 0.3) is 0 Å². The molecule has 1 heterocycles. The van der Waals surface area contributed by atoms with Gasteiger partial charge in [0.15, 0.2) is 0 Å². The minimum Gasteiger partial charge on any atom is -0.478 e. The second-order valence-corrected chi connectivity index (χ2v) is 3.45. The molecule has 0 spiro atoms. The highest BCUT2D eigenvalue weighted by Crippen LogP contribution is 2.16. The molecule has 1 amide bonds. The summed E-state index contributed by atoms with van der Waals surface area (Å²) in [6, 6.07) is 0.697. The molecule has 0 fully saturated rings. The van der Waals surface area contributed by atoms with Crippen LogP contribution in [0.1, 0.15) is 17.3 Å². The van der Waals surface area contributed by atoms with Gasteiger partial charge in [-0.25, -0.2) is 9.78 Å². The van der Waals surface area contributed by atoms with Gasteiger partial charge in [-0.15, -0.1) is 0 Å². The maximum Gasteiger partial charge on any atom is 0.339 e. The van der Waals surface area contributed by atoms with Gasteiger partial charge in [-0.1, -0.05) is 0 Å². The van der Waals surface area contributed by atoms with Gasteiger partial charge in [-0.2, -0.15) is 0 Å². The topological polar surface area (TPSA) is 117 Å². The number of hydrogen-bond donors (Lipinski definition) is 4. The summed E-state index contributed by atoms with van der Waals surface area (Å²) in [4.78, 5) is 26.1. The lowest BCUT2D eigenvalue weighted by Crippen LogP contribution is -2.35. The van der Waals surface area contributed by atoms with E-state index >= 15 is 0 Å². The number of rotatable bonds is 4. The van der Waals surface area contributed by atoms with Gasteiger partial charge in [0.25, 0.3) is 0 Å². The van der Waals surface area contributed by atoms with Crippen LogP contribution >= 0.6 is 0 Å². The standard InChI is InChI=1S/C10H14N4O3/c1-5(9(15)12-2)14-8-7(10(16)17)3-6(11)4-13-8/h3-5H,11H2,1-2H3,(H,12,15)(H,13,14)(H,16,17). The lowest BCUT2D eigenvalue weighted by Gasteiger charge is -2.14. The highest BCUT2D eigenvalue weighted by atomic mass is 16.4. The molecule has 0 saturated carbocycles. The number of aromatic nitrogens is 1. The van der Waals surface area contributed by atoms with Crippen molar-refractivity contribution in [1.82, 2.24) is 10.3 Å². The summed E-state index contributed by atoms with van der Waals surface area (Å²) in [7, 11) is 1.50. The van der Waals surface area contributed by atoms with E-state index in [0.29, 0.717) is 0 Å². The average molecular weight is 238 g/mol. The first kappa shape index (κ1) is 12.8. The Balaban J connectivity index is 2.98. The second kappa shape index (κ2) is 5.15. The van der Waals surface area contributed by atoms with Crippen molar-refractivity contribution in [3.63, 3.8) is 0 Å². The number of carboxylic acids is 1. The molecule has 1 aromatic rings. The Hall–Kier alpha value is -2.31. The number of nitrogens with one attached hydrogen (secondary N) is 2. The summed E-state index contributed by atoms with van der Waals surface area (Å²) in [6.07, 6.45) is 1.32. The molecule has 0 radical (unpaired) electrons. The monoisotopic (exact) mass is 238 g/mol. The number of nitrogens with zero attached hydrogens (tertiary/aromatic N) is 1. The number of pyridine rings is 1. The van der Waals surface area contributed by atoms with Crippen molar-refractivity contribution in [1.29, 1.82) is 0 Å². The summed E-state index contributed by atoms with van der Waals surface area (Å²) >= 11 is 0. The van der Waals surface area contributed by atoms with E-state index in [1.54, 1.807) is 6.92 Å². The number of carboxylic acid groups (broad SMARTS) is 1. The zero-order valence-corrected chi connectivity index (χ0v) is 9.52. The molecule has 0 aliphatic heterocycles. The SMILES string of the molecule is CNC(=O)C(C)Nc1ncc(N)cc1C(=O)O. The van der Waals surface area contributed by atoms with Crippen LogP contribution in [0.4, 0.5) is 11.5 Å².